The molecule has 2 fully saturated rings. The number of rotatable bonds is 11. The van der Waals surface area contributed by atoms with Crippen molar-refractivity contribution in [1.29, 1.82) is 0 Å². The van der Waals surface area contributed by atoms with Gasteiger partial charge in [0.05, 0.1) is 44.1 Å². The topological polar surface area (TPSA) is 220 Å². The van der Waals surface area contributed by atoms with Crippen molar-refractivity contribution in [2.45, 2.75) is 63.0 Å². The summed E-state index contributed by atoms with van der Waals surface area (Å²) in [4.78, 5) is 84.4. The van der Waals surface area contributed by atoms with E-state index >= 15 is 9.18 Å². The maximum Gasteiger partial charge on any atom is 0.383 e. The number of anilines is 1. The van der Waals surface area contributed by atoms with Crippen LogP contribution in [0.2, 0.25) is 5.02 Å². The van der Waals surface area contributed by atoms with Crippen molar-refractivity contribution in [2.24, 2.45) is 0 Å². The van der Waals surface area contributed by atoms with E-state index in [1.807, 2.05) is 91.1 Å². The average Bonchev–Trinajstić information content (AvgIpc) is 4.16. The number of nitrogens with zero attached hydrogens (tertiary/aromatic N) is 7. The highest BCUT2D eigenvalue weighted by Gasteiger charge is 2.59. The van der Waals surface area contributed by atoms with E-state index in [-0.39, 0.29) is 79.6 Å². The number of quaternary nitrogens is 1. The van der Waals surface area contributed by atoms with Crippen molar-refractivity contribution >= 4 is 96.7 Å². The number of halogens is 2. The predicted molar refractivity (Wildman–Crippen MR) is 285 cm³/mol. The summed E-state index contributed by atoms with van der Waals surface area (Å²) < 4.78 is 26.2. The SMILES string of the molecule is CCNC(=O)Cn1nc2c3c(cccc31)-c1cc3c(cnn3[N+]3(C(=O)C4(Oc5ccccc5-c5nc6cccc(Cl)c6s5)CCN(C(=O)C5CC(=O)Nc6ccccc65)CC4)CCC2CC3)cc1F.O=CNCC(=O)O. The molecule has 8 aromatic rings. The number of nitrogens with one attached hydrogen (secondary N) is 3. The van der Waals surface area contributed by atoms with Crippen LogP contribution in [0.25, 0.3) is 53.7 Å². The number of benzene rings is 5. The van der Waals surface area contributed by atoms with Gasteiger partial charge < -0.3 is 30.7 Å². The zero-order chi connectivity index (χ0) is 52.9. The maximum atomic E-state index is 16.6. The van der Waals surface area contributed by atoms with Gasteiger partial charge in [0.15, 0.2) is 0 Å². The molecule has 21 heteroatoms. The molecule has 0 spiro atoms. The lowest BCUT2D eigenvalue weighted by Gasteiger charge is -2.47. The third-order valence-electron chi connectivity index (χ3n) is 14.9. The van der Waals surface area contributed by atoms with Gasteiger partial charge in [-0.05, 0) is 66.6 Å². The number of hydrogen-bond donors (Lipinski definition) is 4. The van der Waals surface area contributed by atoms with E-state index in [0.29, 0.717) is 87.9 Å². The first-order chi connectivity index (χ1) is 36.8. The summed E-state index contributed by atoms with van der Waals surface area (Å²) in [6, 6.07) is 29.5. The molecule has 4 N–H and O–H groups in total. The number of fused-ring (bicyclic) bond motifs is 4. The van der Waals surface area contributed by atoms with Crippen LogP contribution < -0.4 is 25.3 Å². The van der Waals surface area contributed by atoms with Crippen LogP contribution >= 0.6 is 22.9 Å². The molecule has 8 heterocycles. The molecular weight excluding hydrogens is 1020 g/mol. The first-order valence-electron chi connectivity index (χ1n) is 25.1. The molecule has 2 saturated heterocycles. The summed E-state index contributed by atoms with van der Waals surface area (Å²) in [5.74, 6) is -2.68. The Labute approximate surface area is 442 Å². The van der Waals surface area contributed by atoms with Gasteiger partial charge in [-0.1, -0.05) is 64.9 Å². The van der Waals surface area contributed by atoms with Gasteiger partial charge in [0.2, 0.25) is 29.7 Å². The number of piperidine rings is 2. The van der Waals surface area contributed by atoms with Crippen molar-refractivity contribution in [3.8, 4) is 27.4 Å². The third kappa shape index (κ3) is 8.88. The van der Waals surface area contributed by atoms with Gasteiger partial charge in [-0.3, -0.25) is 28.7 Å². The molecule has 0 radical (unpaired) electrons. The van der Waals surface area contributed by atoms with Crippen LogP contribution in [0, 0.1) is 5.82 Å². The van der Waals surface area contributed by atoms with Gasteiger partial charge in [-0.15, -0.1) is 21.0 Å². The summed E-state index contributed by atoms with van der Waals surface area (Å²) in [6.45, 7) is 3.00. The normalized spacial score (nSPS) is 19.2. The Morgan fingerprint density at radius 2 is 1.71 bits per heavy atom. The highest BCUT2D eigenvalue weighted by Crippen LogP contribution is 2.46. The molecule has 5 aliphatic heterocycles. The Morgan fingerprint density at radius 3 is 2.46 bits per heavy atom. The Bertz CT molecular complexity index is 3650. The van der Waals surface area contributed by atoms with Crippen molar-refractivity contribution in [1.82, 2.24) is 44.8 Å². The van der Waals surface area contributed by atoms with Crippen LogP contribution in [0.4, 0.5) is 10.1 Å². The standard InChI is InChI=1S/C52H45ClFN9O5S.C3H5NO3/c1-2-55-45(65)29-61-41-15-7-11-33-35-26-42-31(25-38(35)54)28-56-62(42)63(23-17-30(18-24-63)47(59-61)46(33)41)51(67)52(68-43-16-6-4-10-34(43)49-58-40-14-8-12-37(53)48(40)69-49)19-21-60(22-20-52)50(66)36-27-44(64)57-39-13-5-3-9-32(36)39;5-2-4-1-3(6)7/h3-16,25-26,28,30,36H,2,17-24,27,29H2,1H3,(H-,55,57,64,65);2H,1H2,(H,4,5)(H,6,7)/p+1. The number of likely N-dealkylation sites (tertiary alicyclic amines) is 1. The Balaban J connectivity index is 0.000000825. The molecule has 76 heavy (non-hydrogen) atoms. The van der Waals surface area contributed by atoms with Crippen LogP contribution in [0.1, 0.15) is 62.1 Å². The second-order valence-corrected chi connectivity index (χ2v) is 20.8. The van der Waals surface area contributed by atoms with E-state index < -0.39 is 23.3 Å². The van der Waals surface area contributed by atoms with Crippen molar-refractivity contribution in [2.75, 3.05) is 44.6 Å². The van der Waals surface area contributed by atoms with Gasteiger partial charge in [0.1, 0.15) is 48.3 Å². The number of carboxylic acids is 1. The number of para-hydroxylation sites is 2. The van der Waals surface area contributed by atoms with E-state index in [9.17, 15) is 24.0 Å². The van der Waals surface area contributed by atoms with E-state index in [4.69, 9.17) is 36.6 Å². The molecule has 4 bridgehead atoms. The Hall–Kier alpha value is -8.07. The van der Waals surface area contributed by atoms with Crippen LogP contribution in [0.3, 0.4) is 0 Å². The summed E-state index contributed by atoms with van der Waals surface area (Å²) in [6.07, 6.45) is 3.27. The van der Waals surface area contributed by atoms with Gasteiger partial charge in [0.25, 0.3) is 0 Å². The molecule has 3 aromatic heterocycles. The van der Waals surface area contributed by atoms with Crippen LogP contribution in [0.5, 0.6) is 5.75 Å². The van der Waals surface area contributed by atoms with Crippen molar-refractivity contribution < 1.29 is 43.0 Å². The quantitative estimate of drug-likeness (QED) is 0.0734. The second-order valence-electron chi connectivity index (χ2n) is 19.4. The van der Waals surface area contributed by atoms with Crippen LogP contribution in [0.15, 0.2) is 103 Å². The molecule has 1 unspecified atom stereocenters. The molecule has 5 amide bonds. The number of hydrogen-bond acceptors (Lipinski definition) is 11. The molecule has 18 nitrogen and oxygen atoms in total. The summed E-state index contributed by atoms with van der Waals surface area (Å²) in [5.41, 5.74) is 4.35. The van der Waals surface area contributed by atoms with E-state index in [2.05, 4.69) is 10.6 Å². The van der Waals surface area contributed by atoms with E-state index in [1.165, 1.54) is 17.4 Å². The molecule has 388 valence electrons. The second kappa shape index (κ2) is 20.2. The van der Waals surface area contributed by atoms with Gasteiger partial charge in [-0.2, -0.15) is 5.10 Å². The van der Waals surface area contributed by atoms with Crippen LogP contribution in [-0.4, -0.2) is 116 Å². The van der Waals surface area contributed by atoms with Crippen molar-refractivity contribution in [3.63, 3.8) is 0 Å². The lowest BCUT2D eigenvalue weighted by atomic mass is 9.84. The number of carbonyl (C=O) groups excluding carboxylic acids is 5. The van der Waals surface area contributed by atoms with E-state index in [0.717, 1.165) is 32.4 Å². The predicted octanol–water partition coefficient (Wildman–Crippen LogP) is 7.50. The number of carboxylic acid groups (broad SMARTS) is 1. The number of aliphatic carboxylic acids is 1. The molecule has 5 aromatic carbocycles. The Morgan fingerprint density at radius 1 is 0.961 bits per heavy atom. The molecular formula is C55H51ClFN10O8S+. The summed E-state index contributed by atoms with van der Waals surface area (Å²) >= 11 is 8.09. The molecule has 13 rings (SSSR count). The zero-order valence-corrected chi connectivity index (χ0v) is 42.7. The first-order valence-corrected chi connectivity index (χ1v) is 26.3. The molecule has 0 aliphatic carbocycles. The average molecular weight is 1070 g/mol. The van der Waals surface area contributed by atoms with Crippen LogP contribution in [-0.2, 0) is 35.3 Å². The lowest BCUT2D eigenvalue weighted by molar-refractivity contribution is -0.164. The molecule has 1 atom stereocenters. The maximum absolute atomic E-state index is 16.6. The largest absolute Gasteiger partial charge is 0.480 e. The highest BCUT2D eigenvalue weighted by molar-refractivity contribution is 7.22. The summed E-state index contributed by atoms with van der Waals surface area (Å²) in [5, 5.41) is 28.2. The zero-order valence-electron chi connectivity index (χ0n) is 41.1. The fourth-order valence-electron chi connectivity index (χ4n) is 11.4. The van der Waals surface area contributed by atoms with Crippen molar-refractivity contribution in [3.05, 3.63) is 125 Å². The fourth-order valence-corrected chi connectivity index (χ4v) is 12.6. The smallest absolute Gasteiger partial charge is 0.383 e. The first kappa shape index (κ1) is 50.1. The number of likely N-dealkylation sites (N-methyl/N-ethyl adjacent to an activating group) is 1. The minimum atomic E-state index is -1.51. The number of ether oxygens (including phenoxy) is 1. The third-order valence-corrected chi connectivity index (χ3v) is 16.5. The molecule has 0 saturated carbocycles. The number of amides is 5. The minimum absolute atomic E-state index is 0.00134. The Kier molecular flexibility index (Phi) is 13.3. The fraction of sp³-hybridized carbons (Fsp3) is 0.291. The summed E-state index contributed by atoms with van der Waals surface area (Å²) in [7, 11) is 0. The van der Waals surface area contributed by atoms with Gasteiger partial charge in [-0.25, -0.2) is 14.2 Å². The molecule has 5 aliphatic rings. The number of aromatic nitrogens is 5. The number of thiazole rings is 1. The van der Waals surface area contributed by atoms with Gasteiger partial charge in [0, 0.05) is 79.7 Å². The number of carbonyl (C=O) groups is 6. The van der Waals surface area contributed by atoms with Gasteiger partial charge >= 0.3 is 11.9 Å². The lowest BCUT2D eigenvalue weighted by Crippen LogP contribution is -2.73. The minimum Gasteiger partial charge on any atom is -0.480 e. The monoisotopic (exact) mass is 1070 g/mol. The van der Waals surface area contributed by atoms with E-state index in [1.54, 1.807) is 32.7 Å². The highest BCUT2D eigenvalue weighted by atomic mass is 35.5.